The van der Waals surface area contributed by atoms with Crippen molar-refractivity contribution in [2.75, 3.05) is 5.32 Å². The first-order valence-corrected chi connectivity index (χ1v) is 8.41. The van der Waals surface area contributed by atoms with Gasteiger partial charge in [0.25, 0.3) is 11.8 Å². The minimum Gasteiger partial charge on any atom is -0.364 e. The van der Waals surface area contributed by atoms with Crippen molar-refractivity contribution >= 4 is 39.2 Å². The van der Waals surface area contributed by atoms with Crippen LogP contribution in [0.2, 0.25) is 0 Å². The van der Waals surface area contributed by atoms with Crippen LogP contribution in [-0.2, 0) is 0 Å². The van der Waals surface area contributed by atoms with Gasteiger partial charge in [0.05, 0.1) is 5.69 Å². The third-order valence-corrected chi connectivity index (χ3v) is 4.55. The largest absolute Gasteiger partial charge is 0.364 e. The minimum atomic E-state index is -0.560. The lowest BCUT2D eigenvalue weighted by Gasteiger charge is -1.98. The van der Waals surface area contributed by atoms with Gasteiger partial charge in [0.15, 0.2) is 5.13 Å². The molecular formula is C17H12FN5O2S. The summed E-state index contributed by atoms with van der Waals surface area (Å²) in [7, 11) is 0. The lowest BCUT2D eigenvalue weighted by molar-refractivity contribution is 0.0993. The van der Waals surface area contributed by atoms with Crippen LogP contribution in [0.25, 0.3) is 22.2 Å². The predicted molar refractivity (Wildman–Crippen MR) is 96.6 cm³/mol. The zero-order chi connectivity index (χ0) is 18.3. The molecule has 1 aromatic carbocycles. The zero-order valence-electron chi connectivity index (χ0n) is 13.2. The number of hydrogen-bond donors (Lipinski definition) is 4. The molecule has 0 aliphatic heterocycles. The van der Waals surface area contributed by atoms with Gasteiger partial charge in [-0.15, -0.1) is 11.3 Å². The van der Waals surface area contributed by atoms with Crippen molar-refractivity contribution in [2.45, 2.75) is 0 Å². The first-order valence-electron chi connectivity index (χ1n) is 7.53. The molecule has 4 rings (SSSR count). The van der Waals surface area contributed by atoms with Gasteiger partial charge in [0.2, 0.25) is 0 Å². The molecule has 0 atom stereocenters. The molecule has 0 unspecified atom stereocenters. The van der Waals surface area contributed by atoms with E-state index in [9.17, 15) is 14.0 Å². The Morgan fingerprint density at radius 1 is 1.19 bits per heavy atom. The van der Waals surface area contributed by atoms with Gasteiger partial charge in [-0.2, -0.15) is 0 Å². The standard InChI is InChI=1S/C17H12FN5O2S/c18-10-1-2-11-8(3-10)4-13(21-11)16(25)23-17-22-14(7-26-17)9-5-12(15(19)24)20-6-9/h1-7,20-21H,(H2,19,24)(H,22,23,25). The van der Waals surface area contributed by atoms with E-state index >= 15 is 0 Å². The van der Waals surface area contributed by atoms with Gasteiger partial charge in [-0.05, 0) is 30.3 Å². The maximum Gasteiger partial charge on any atom is 0.273 e. The number of nitrogens with two attached hydrogens (primary N) is 1. The van der Waals surface area contributed by atoms with E-state index < -0.39 is 5.91 Å². The number of rotatable bonds is 4. The molecule has 3 heterocycles. The van der Waals surface area contributed by atoms with E-state index in [1.54, 1.807) is 29.8 Å². The highest BCUT2D eigenvalue weighted by molar-refractivity contribution is 7.14. The molecule has 0 spiro atoms. The van der Waals surface area contributed by atoms with E-state index in [2.05, 4.69) is 20.3 Å². The fraction of sp³-hybridized carbons (Fsp3) is 0. The lowest BCUT2D eigenvalue weighted by Crippen LogP contribution is -2.11. The maximum atomic E-state index is 13.3. The second-order valence-electron chi connectivity index (χ2n) is 5.57. The van der Waals surface area contributed by atoms with Gasteiger partial charge in [-0.25, -0.2) is 9.37 Å². The Hall–Kier alpha value is -3.46. The Morgan fingerprint density at radius 3 is 2.81 bits per heavy atom. The van der Waals surface area contributed by atoms with E-state index in [1.165, 1.54) is 23.5 Å². The summed E-state index contributed by atoms with van der Waals surface area (Å²) in [4.78, 5) is 33.5. The van der Waals surface area contributed by atoms with E-state index in [1.807, 2.05) is 0 Å². The molecule has 0 radical (unpaired) electrons. The van der Waals surface area contributed by atoms with Gasteiger partial charge < -0.3 is 15.7 Å². The van der Waals surface area contributed by atoms with Gasteiger partial charge >= 0.3 is 0 Å². The molecule has 0 aliphatic rings. The number of anilines is 1. The number of aromatic amines is 2. The molecule has 130 valence electrons. The molecule has 2 amide bonds. The molecule has 3 aromatic heterocycles. The van der Waals surface area contributed by atoms with Gasteiger partial charge in [0.1, 0.15) is 17.2 Å². The Kier molecular flexibility index (Phi) is 3.77. The van der Waals surface area contributed by atoms with Gasteiger partial charge in [-0.3, -0.25) is 14.9 Å². The summed E-state index contributed by atoms with van der Waals surface area (Å²) >= 11 is 1.25. The molecule has 0 bridgehead atoms. The maximum absolute atomic E-state index is 13.3. The number of fused-ring (bicyclic) bond motifs is 1. The molecular weight excluding hydrogens is 357 g/mol. The Labute approximate surface area is 150 Å². The summed E-state index contributed by atoms with van der Waals surface area (Å²) in [6.07, 6.45) is 1.62. The predicted octanol–water partition coefficient (Wildman–Crippen LogP) is 3.11. The van der Waals surface area contributed by atoms with E-state index in [0.717, 1.165) is 0 Å². The highest BCUT2D eigenvalue weighted by Gasteiger charge is 2.14. The number of amides is 2. The van der Waals surface area contributed by atoms with Crippen LogP contribution < -0.4 is 11.1 Å². The first-order chi connectivity index (χ1) is 12.5. The van der Waals surface area contributed by atoms with Crippen LogP contribution in [0.15, 0.2) is 41.9 Å². The van der Waals surface area contributed by atoms with Gasteiger partial charge in [-0.1, -0.05) is 0 Å². The summed E-state index contributed by atoms with van der Waals surface area (Å²) in [5.74, 6) is -1.31. The SMILES string of the molecule is NC(=O)c1cc(-c2csc(NC(=O)c3cc4cc(F)ccc4[nH]3)n2)c[nH]1. The third-order valence-electron chi connectivity index (χ3n) is 3.80. The average Bonchev–Trinajstić information content (AvgIpc) is 3.32. The summed E-state index contributed by atoms with van der Waals surface area (Å²) in [5, 5.41) is 5.46. The molecule has 4 aromatic rings. The number of thiazole rings is 1. The number of nitrogens with one attached hydrogen (secondary N) is 3. The topological polar surface area (TPSA) is 117 Å². The Bertz CT molecular complexity index is 1140. The fourth-order valence-corrected chi connectivity index (χ4v) is 3.25. The zero-order valence-corrected chi connectivity index (χ0v) is 14.0. The molecule has 0 fully saturated rings. The number of halogens is 1. The van der Waals surface area contributed by atoms with E-state index in [-0.39, 0.29) is 17.4 Å². The quantitative estimate of drug-likeness (QED) is 0.443. The second kappa shape index (κ2) is 6.12. The molecule has 5 N–H and O–H groups in total. The average molecular weight is 369 g/mol. The number of nitrogens with zero attached hydrogens (tertiary/aromatic N) is 1. The first kappa shape index (κ1) is 16.0. The number of primary amides is 1. The van der Waals surface area contributed by atoms with Crippen molar-refractivity contribution in [3.8, 4) is 11.3 Å². The monoisotopic (exact) mass is 369 g/mol. The normalized spacial score (nSPS) is 11.0. The number of benzene rings is 1. The van der Waals surface area contributed by atoms with E-state index in [4.69, 9.17) is 5.73 Å². The number of aromatic nitrogens is 3. The molecule has 0 saturated carbocycles. The summed E-state index contributed by atoms with van der Waals surface area (Å²) < 4.78 is 13.3. The van der Waals surface area contributed by atoms with Crippen LogP contribution in [0.3, 0.4) is 0 Å². The molecule has 26 heavy (non-hydrogen) atoms. The molecule has 7 nitrogen and oxygen atoms in total. The fourth-order valence-electron chi connectivity index (χ4n) is 2.54. The highest BCUT2D eigenvalue weighted by Crippen LogP contribution is 2.26. The number of carbonyl (C=O) groups excluding carboxylic acids is 2. The number of H-pyrrole nitrogens is 2. The van der Waals surface area contributed by atoms with Crippen molar-refractivity contribution in [3.05, 3.63) is 59.1 Å². The van der Waals surface area contributed by atoms with Crippen molar-refractivity contribution in [3.63, 3.8) is 0 Å². The Morgan fingerprint density at radius 2 is 2.04 bits per heavy atom. The summed E-state index contributed by atoms with van der Waals surface area (Å²) in [5.41, 5.74) is 7.76. The van der Waals surface area contributed by atoms with Crippen LogP contribution in [0.4, 0.5) is 9.52 Å². The van der Waals surface area contributed by atoms with Crippen LogP contribution in [0.1, 0.15) is 21.0 Å². The van der Waals surface area contributed by atoms with Crippen molar-refractivity contribution in [2.24, 2.45) is 5.73 Å². The summed E-state index contributed by atoms with van der Waals surface area (Å²) in [6.45, 7) is 0. The van der Waals surface area contributed by atoms with Crippen LogP contribution >= 0.6 is 11.3 Å². The lowest BCUT2D eigenvalue weighted by atomic mass is 10.2. The number of hydrogen-bond acceptors (Lipinski definition) is 4. The van der Waals surface area contributed by atoms with E-state index in [0.29, 0.717) is 33.0 Å². The Balaban J connectivity index is 1.54. The van der Waals surface area contributed by atoms with Gasteiger partial charge in [0, 0.05) is 28.0 Å². The third kappa shape index (κ3) is 2.95. The molecule has 9 heteroatoms. The second-order valence-corrected chi connectivity index (χ2v) is 6.43. The summed E-state index contributed by atoms with van der Waals surface area (Å²) in [6, 6.07) is 7.42. The van der Waals surface area contributed by atoms with Crippen LogP contribution in [-0.4, -0.2) is 26.8 Å². The van der Waals surface area contributed by atoms with Crippen molar-refractivity contribution < 1.29 is 14.0 Å². The molecule has 0 aliphatic carbocycles. The molecule has 0 saturated heterocycles. The van der Waals surface area contributed by atoms with Crippen LogP contribution in [0, 0.1) is 5.82 Å². The minimum absolute atomic E-state index is 0.281. The highest BCUT2D eigenvalue weighted by atomic mass is 32.1. The van der Waals surface area contributed by atoms with Crippen LogP contribution in [0.5, 0.6) is 0 Å². The van der Waals surface area contributed by atoms with Crippen molar-refractivity contribution in [1.82, 2.24) is 15.0 Å². The smallest absolute Gasteiger partial charge is 0.273 e. The van der Waals surface area contributed by atoms with Crippen molar-refractivity contribution in [1.29, 1.82) is 0 Å². The number of carbonyl (C=O) groups is 2.